The maximum absolute atomic E-state index is 13.3. The third-order valence-electron chi connectivity index (χ3n) is 7.67. The summed E-state index contributed by atoms with van der Waals surface area (Å²) in [5.41, 5.74) is 1.27. The van der Waals surface area contributed by atoms with Gasteiger partial charge < -0.3 is 29.4 Å². The second kappa shape index (κ2) is 15.3. The number of carbonyl (C=O) groups is 2. The second-order valence-electron chi connectivity index (χ2n) is 10.5. The molecule has 1 aliphatic heterocycles. The van der Waals surface area contributed by atoms with E-state index in [-0.39, 0.29) is 54.8 Å². The molecule has 1 amide bonds. The summed E-state index contributed by atoms with van der Waals surface area (Å²) in [4.78, 5) is 25.2. The van der Waals surface area contributed by atoms with Crippen molar-refractivity contribution in [1.29, 1.82) is 0 Å². The van der Waals surface area contributed by atoms with Crippen molar-refractivity contribution in [2.45, 2.75) is 61.7 Å². The van der Waals surface area contributed by atoms with Gasteiger partial charge in [-0.05, 0) is 60.9 Å². The number of hydrogen-bond acceptors (Lipinski definition) is 9. The highest BCUT2D eigenvalue weighted by molar-refractivity contribution is 7.89. The number of methoxy groups -OCH3 is 2. The smallest absolute Gasteiger partial charge is 0.337 e. The zero-order valence-electron chi connectivity index (χ0n) is 24.6. The summed E-state index contributed by atoms with van der Waals surface area (Å²) in [6, 6.07) is 13.0. The fourth-order valence-corrected chi connectivity index (χ4v) is 6.70. The molecule has 0 radical (unpaired) electrons. The Morgan fingerprint density at radius 1 is 1.00 bits per heavy atom. The van der Waals surface area contributed by atoms with Gasteiger partial charge in [-0.25, -0.2) is 13.2 Å². The molecule has 0 aromatic heterocycles. The van der Waals surface area contributed by atoms with E-state index in [9.17, 15) is 23.1 Å². The highest BCUT2D eigenvalue weighted by atomic mass is 32.2. The third-order valence-corrected chi connectivity index (χ3v) is 9.59. The lowest BCUT2D eigenvalue weighted by Gasteiger charge is -2.31. The quantitative estimate of drug-likeness (QED) is 0.324. The van der Waals surface area contributed by atoms with Crippen LogP contribution in [0.3, 0.4) is 0 Å². The van der Waals surface area contributed by atoms with Crippen LogP contribution in [0.15, 0.2) is 65.3 Å². The van der Waals surface area contributed by atoms with E-state index in [4.69, 9.17) is 18.9 Å². The van der Waals surface area contributed by atoms with Gasteiger partial charge in [0.05, 0.1) is 37.9 Å². The molecule has 0 spiro atoms. The Bertz CT molecular complexity index is 1350. The highest BCUT2D eigenvalue weighted by Crippen LogP contribution is 2.32. The summed E-state index contributed by atoms with van der Waals surface area (Å²) in [6.45, 7) is -0.563. The van der Waals surface area contributed by atoms with Gasteiger partial charge in [-0.1, -0.05) is 31.4 Å². The largest absolute Gasteiger partial charge is 0.497 e. The molecule has 2 aromatic rings. The number of rotatable bonds is 13. The molecule has 2 aliphatic rings. The van der Waals surface area contributed by atoms with Crippen LogP contribution in [-0.2, 0) is 29.0 Å². The molecule has 4 rings (SSSR count). The van der Waals surface area contributed by atoms with Crippen molar-refractivity contribution in [3.8, 4) is 5.75 Å². The standard InChI is InChI=1S/C31H40N2O9S/c1-39-26-12-14-27(15-13-26)43(37,38)33(16-18-34)17-19-41-29-21-24(22-8-10-23(11-9-22)31(36)40-2)20-28(42-29)30(35)32-25-6-4-3-5-7-25/h8-15,20,24-25,29,34H,3-7,16-19,21H2,1-2H3,(H,32,35)/t24-,29+/m0/s1. The topological polar surface area (TPSA) is 141 Å². The number of amides is 1. The molecule has 11 nitrogen and oxygen atoms in total. The first kappa shape index (κ1) is 32.5. The van der Waals surface area contributed by atoms with Gasteiger partial charge in [-0.3, -0.25) is 4.79 Å². The van der Waals surface area contributed by atoms with E-state index in [1.165, 1.54) is 26.4 Å². The van der Waals surface area contributed by atoms with Crippen molar-refractivity contribution in [2.24, 2.45) is 0 Å². The molecule has 43 heavy (non-hydrogen) atoms. The lowest BCUT2D eigenvalue weighted by molar-refractivity contribution is -0.147. The predicted octanol–water partition coefficient (Wildman–Crippen LogP) is 3.34. The van der Waals surface area contributed by atoms with Crippen molar-refractivity contribution >= 4 is 21.9 Å². The molecule has 0 saturated heterocycles. The van der Waals surface area contributed by atoms with Gasteiger partial charge in [0, 0.05) is 31.5 Å². The molecule has 1 fully saturated rings. The average Bonchev–Trinajstić information content (AvgIpc) is 3.04. The molecule has 1 saturated carbocycles. The summed E-state index contributed by atoms with van der Waals surface area (Å²) in [7, 11) is -1.10. The monoisotopic (exact) mass is 616 g/mol. The lowest BCUT2D eigenvalue weighted by atomic mass is 9.92. The number of hydrogen-bond donors (Lipinski definition) is 2. The minimum Gasteiger partial charge on any atom is -0.497 e. The third kappa shape index (κ3) is 8.56. The Kier molecular flexibility index (Phi) is 11.6. The van der Waals surface area contributed by atoms with Gasteiger partial charge in [-0.2, -0.15) is 4.31 Å². The number of sulfonamides is 1. The summed E-state index contributed by atoms with van der Waals surface area (Å²) >= 11 is 0. The molecule has 12 heteroatoms. The summed E-state index contributed by atoms with van der Waals surface area (Å²) < 4.78 is 49.6. The number of carbonyl (C=O) groups excluding carboxylic acids is 2. The first-order chi connectivity index (χ1) is 20.7. The zero-order valence-corrected chi connectivity index (χ0v) is 25.4. The van der Waals surface area contributed by atoms with Crippen molar-refractivity contribution in [2.75, 3.05) is 40.5 Å². The van der Waals surface area contributed by atoms with Crippen LogP contribution in [0.2, 0.25) is 0 Å². The van der Waals surface area contributed by atoms with E-state index in [0.717, 1.165) is 42.0 Å². The summed E-state index contributed by atoms with van der Waals surface area (Å²) in [5.74, 6) is -0.354. The SMILES string of the molecule is COC(=O)c1ccc([C@H]2C=C(C(=O)NC3CCCCC3)O[C@@H](OCCN(CCO)S(=O)(=O)c3ccc(OC)cc3)C2)cc1. The second-order valence-corrected chi connectivity index (χ2v) is 12.5. The number of nitrogens with one attached hydrogen (secondary N) is 1. The maximum atomic E-state index is 13.3. The first-order valence-corrected chi connectivity index (χ1v) is 15.9. The van der Waals surface area contributed by atoms with Gasteiger partial charge in [0.25, 0.3) is 5.91 Å². The van der Waals surface area contributed by atoms with E-state index < -0.39 is 22.3 Å². The number of ether oxygens (including phenoxy) is 4. The first-order valence-electron chi connectivity index (χ1n) is 14.5. The van der Waals surface area contributed by atoms with Crippen molar-refractivity contribution in [1.82, 2.24) is 9.62 Å². The van der Waals surface area contributed by atoms with Gasteiger partial charge in [0.15, 0.2) is 5.76 Å². The number of aliphatic hydroxyl groups is 1. The molecule has 0 unspecified atom stereocenters. The van der Waals surface area contributed by atoms with Crippen LogP contribution in [0, 0.1) is 0 Å². The van der Waals surface area contributed by atoms with Crippen LogP contribution >= 0.6 is 0 Å². The van der Waals surface area contributed by atoms with E-state index in [2.05, 4.69) is 5.32 Å². The zero-order chi connectivity index (χ0) is 30.8. The molecule has 0 bridgehead atoms. The minimum atomic E-state index is -3.92. The number of benzene rings is 2. The molecule has 1 aliphatic carbocycles. The summed E-state index contributed by atoms with van der Waals surface area (Å²) in [5, 5.41) is 12.6. The Hall–Kier alpha value is -3.45. The van der Waals surface area contributed by atoms with Gasteiger partial charge in [0.2, 0.25) is 16.3 Å². The molecule has 2 atom stereocenters. The Labute approximate surface area is 252 Å². The fourth-order valence-electron chi connectivity index (χ4n) is 5.28. The van der Waals surface area contributed by atoms with Crippen LogP contribution in [0.25, 0.3) is 0 Å². The molecule has 2 aromatic carbocycles. The number of allylic oxidation sites excluding steroid dienone is 1. The maximum Gasteiger partial charge on any atom is 0.337 e. The molecule has 2 N–H and O–H groups in total. The molecule has 1 heterocycles. The Morgan fingerprint density at radius 2 is 1.70 bits per heavy atom. The van der Waals surface area contributed by atoms with Gasteiger partial charge >= 0.3 is 5.97 Å². The van der Waals surface area contributed by atoms with E-state index in [1.807, 2.05) is 0 Å². The Balaban J connectivity index is 1.47. The van der Waals surface area contributed by atoms with E-state index >= 15 is 0 Å². The van der Waals surface area contributed by atoms with Crippen molar-refractivity contribution in [3.05, 3.63) is 71.5 Å². The minimum absolute atomic E-state index is 0.0361. The number of esters is 1. The number of nitrogens with zero attached hydrogens (tertiary/aromatic N) is 1. The molecular weight excluding hydrogens is 576 g/mol. The van der Waals surface area contributed by atoms with Gasteiger partial charge in [-0.15, -0.1) is 0 Å². The van der Waals surface area contributed by atoms with Crippen LogP contribution in [0.4, 0.5) is 0 Å². The van der Waals surface area contributed by atoms with E-state index in [1.54, 1.807) is 42.5 Å². The number of aliphatic hydroxyl groups excluding tert-OH is 1. The lowest BCUT2D eigenvalue weighted by Crippen LogP contribution is -2.40. The van der Waals surface area contributed by atoms with Crippen LogP contribution < -0.4 is 10.1 Å². The van der Waals surface area contributed by atoms with Crippen LogP contribution in [0.5, 0.6) is 5.75 Å². The van der Waals surface area contributed by atoms with Crippen molar-refractivity contribution < 1.29 is 42.1 Å². The molecule has 234 valence electrons. The van der Waals surface area contributed by atoms with Crippen LogP contribution in [0.1, 0.15) is 60.4 Å². The predicted molar refractivity (Wildman–Crippen MR) is 158 cm³/mol. The van der Waals surface area contributed by atoms with Crippen molar-refractivity contribution in [3.63, 3.8) is 0 Å². The average molecular weight is 617 g/mol. The van der Waals surface area contributed by atoms with E-state index in [0.29, 0.717) is 17.7 Å². The molecular formula is C31H40N2O9S. The Morgan fingerprint density at radius 3 is 2.33 bits per heavy atom. The van der Waals surface area contributed by atoms with Gasteiger partial charge in [0.1, 0.15) is 5.75 Å². The highest BCUT2D eigenvalue weighted by Gasteiger charge is 2.31. The fraction of sp³-hybridized carbons (Fsp3) is 0.484. The summed E-state index contributed by atoms with van der Waals surface area (Å²) in [6.07, 6.45) is 6.42. The van der Waals surface area contributed by atoms with Crippen LogP contribution in [-0.4, -0.2) is 82.6 Å². The normalized spacial score (nSPS) is 19.3.